The maximum absolute atomic E-state index is 9.26. The van der Waals surface area contributed by atoms with Crippen LogP contribution < -0.4 is 5.32 Å². The maximum atomic E-state index is 9.26. The number of hydrogen-bond acceptors (Lipinski definition) is 5. The fraction of sp³-hybridized carbons (Fsp3) is 1.00. The highest BCUT2D eigenvalue weighted by Crippen LogP contribution is 2.30. The molecule has 2 aliphatic rings. The molecule has 2 fully saturated rings. The van der Waals surface area contributed by atoms with Crippen molar-refractivity contribution in [3.63, 3.8) is 0 Å². The molecule has 0 radical (unpaired) electrons. The van der Waals surface area contributed by atoms with Crippen LogP contribution in [0.1, 0.15) is 27.2 Å². The molecule has 118 valence electrons. The van der Waals surface area contributed by atoms with Crippen molar-refractivity contribution in [2.75, 3.05) is 52.6 Å². The summed E-state index contributed by atoms with van der Waals surface area (Å²) in [6.07, 6.45) is 1.08. The van der Waals surface area contributed by atoms with E-state index in [4.69, 9.17) is 9.47 Å². The molecule has 2 atom stereocenters. The molecule has 2 aliphatic heterocycles. The quantitative estimate of drug-likeness (QED) is 0.770. The van der Waals surface area contributed by atoms with Crippen molar-refractivity contribution in [2.24, 2.45) is 5.41 Å². The average molecular weight is 286 g/mol. The molecule has 20 heavy (non-hydrogen) atoms. The first-order valence-corrected chi connectivity index (χ1v) is 7.70. The van der Waals surface area contributed by atoms with E-state index in [0.717, 1.165) is 52.4 Å². The largest absolute Gasteiger partial charge is 0.394 e. The van der Waals surface area contributed by atoms with Crippen LogP contribution in [0.2, 0.25) is 0 Å². The monoisotopic (exact) mass is 286 g/mol. The number of aliphatic hydroxyl groups excluding tert-OH is 1. The molecule has 2 saturated heterocycles. The maximum Gasteiger partial charge on any atom is 0.0932 e. The summed E-state index contributed by atoms with van der Waals surface area (Å²) in [6.45, 7) is 12.9. The number of rotatable bonds is 5. The number of nitrogens with one attached hydrogen (secondary N) is 1. The van der Waals surface area contributed by atoms with Gasteiger partial charge in [-0.05, 0) is 27.2 Å². The zero-order valence-corrected chi connectivity index (χ0v) is 13.2. The van der Waals surface area contributed by atoms with Gasteiger partial charge in [0.25, 0.3) is 0 Å². The Labute approximate surface area is 122 Å². The Kier molecular flexibility index (Phi) is 5.42. The van der Waals surface area contributed by atoms with Crippen LogP contribution in [0.5, 0.6) is 0 Å². The molecule has 0 bridgehead atoms. The van der Waals surface area contributed by atoms with Crippen molar-refractivity contribution in [1.29, 1.82) is 0 Å². The van der Waals surface area contributed by atoms with Crippen LogP contribution in [0.25, 0.3) is 0 Å². The van der Waals surface area contributed by atoms with E-state index in [-0.39, 0.29) is 23.7 Å². The lowest BCUT2D eigenvalue weighted by Gasteiger charge is -2.39. The third-order valence-corrected chi connectivity index (χ3v) is 4.16. The highest BCUT2D eigenvalue weighted by molar-refractivity contribution is 4.91. The van der Waals surface area contributed by atoms with E-state index >= 15 is 0 Å². The lowest BCUT2D eigenvalue weighted by molar-refractivity contribution is -0.0633. The standard InChI is InChI=1S/C15H30N2O3/c1-14(2,3)16-10-15(4-6-19-12-15)11-17-5-7-20-13(8-17)9-18/h13,16,18H,4-12H2,1-3H3. The molecule has 2 rings (SSSR count). The van der Waals surface area contributed by atoms with Crippen LogP contribution in [0.4, 0.5) is 0 Å². The van der Waals surface area contributed by atoms with E-state index < -0.39 is 0 Å². The number of morpholine rings is 1. The lowest BCUT2D eigenvalue weighted by Crippen LogP contribution is -2.53. The summed E-state index contributed by atoms with van der Waals surface area (Å²) in [4.78, 5) is 2.42. The van der Waals surface area contributed by atoms with Gasteiger partial charge >= 0.3 is 0 Å². The van der Waals surface area contributed by atoms with Crippen LogP contribution in [-0.2, 0) is 9.47 Å². The van der Waals surface area contributed by atoms with Crippen LogP contribution in [0, 0.1) is 5.41 Å². The Morgan fingerprint density at radius 3 is 2.75 bits per heavy atom. The van der Waals surface area contributed by atoms with Gasteiger partial charge in [0.05, 0.1) is 25.9 Å². The first kappa shape index (κ1) is 16.2. The summed E-state index contributed by atoms with van der Waals surface area (Å²) in [5, 5.41) is 12.9. The minimum atomic E-state index is -0.0290. The van der Waals surface area contributed by atoms with Crippen molar-refractivity contribution in [1.82, 2.24) is 10.2 Å². The number of ether oxygens (including phenoxy) is 2. The van der Waals surface area contributed by atoms with E-state index in [2.05, 4.69) is 31.0 Å². The molecule has 0 aromatic carbocycles. The summed E-state index contributed by atoms with van der Waals surface area (Å²) in [7, 11) is 0. The molecule has 5 heteroatoms. The molecule has 5 nitrogen and oxygen atoms in total. The molecule has 2 heterocycles. The van der Waals surface area contributed by atoms with Crippen LogP contribution in [-0.4, -0.2) is 74.3 Å². The zero-order chi connectivity index (χ0) is 14.6. The second-order valence-electron chi connectivity index (χ2n) is 7.32. The Morgan fingerprint density at radius 2 is 2.15 bits per heavy atom. The smallest absolute Gasteiger partial charge is 0.0932 e. The molecular formula is C15H30N2O3. The summed E-state index contributed by atoms with van der Waals surface area (Å²) in [5.74, 6) is 0. The van der Waals surface area contributed by atoms with Crippen LogP contribution in [0.3, 0.4) is 0 Å². The third-order valence-electron chi connectivity index (χ3n) is 4.16. The van der Waals surface area contributed by atoms with Crippen molar-refractivity contribution < 1.29 is 14.6 Å². The fourth-order valence-electron chi connectivity index (χ4n) is 2.93. The van der Waals surface area contributed by atoms with Gasteiger partial charge in [0.2, 0.25) is 0 Å². The topological polar surface area (TPSA) is 54.0 Å². The molecule has 0 amide bonds. The third kappa shape index (κ3) is 4.67. The molecule has 0 spiro atoms. The number of nitrogens with zero attached hydrogens (tertiary/aromatic N) is 1. The zero-order valence-electron chi connectivity index (χ0n) is 13.2. The van der Waals surface area contributed by atoms with Gasteiger partial charge in [0.15, 0.2) is 0 Å². The average Bonchev–Trinajstić information content (AvgIpc) is 2.85. The minimum Gasteiger partial charge on any atom is -0.394 e. The number of aliphatic hydroxyl groups is 1. The van der Waals surface area contributed by atoms with Crippen molar-refractivity contribution >= 4 is 0 Å². The number of hydrogen-bond donors (Lipinski definition) is 2. The normalized spacial score (nSPS) is 32.7. The van der Waals surface area contributed by atoms with Crippen LogP contribution >= 0.6 is 0 Å². The molecular weight excluding hydrogens is 256 g/mol. The van der Waals surface area contributed by atoms with Gasteiger partial charge in [-0.3, -0.25) is 4.90 Å². The van der Waals surface area contributed by atoms with Gasteiger partial charge in [-0.2, -0.15) is 0 Å². The summed E-state index contributed by atoms with van der Waals surface area (Å²) < 4.78 is 11.2. The van der Waals surface area contributed by atoms with Gasteiger partial charge in [-0.1, -0.05) is 0 Å². The Balaban J connectivity index is 1.91. The van der Waals surface area contributed by atoms with E-state index in [1.165, 1.54) is 0 Å². The van der Waals surface area contributed by atoms with Gasteiger partial charge in [0, 0.05) is 43.7 Å². The predicted molar refractivity (Wildman–Crippen MR) is 78.9 cm³/mol. The van der Waals surface area contributed by atoms with Crippen molar-refractivity contribution in [3.05, 3.63) is 0 Å². The molecule has 2 unspecified atom stereocenters. The van der Waals surface area contributed by atoms with E-state index in [1.54, 1.807) is 0 Å². The van der Waals surface area contributed by atoms with Gasteiger partial charge in [-0.25, -0.2) is 0 Å². The second-order valence-corrected chi connectivity index (χ2v) is 7.32. The molecule has 2 N–H and O–H groups in total. The van der Waals surface area contributed by atoms with Gasteiger partial charge < -0.3 is 19.9 Å². The Bertz CT molecular complexity index is 298. The molecule has 0 aromatic heterocycles. The summed E-state index contributed by atoms with van der Waals surface area (Å²) >= 11 is 0. The summed E-state index contributed by atoms with van der Waals surface area (Å²) in [5.41, 5.74) is 0.332. The Hall–Kier alpha value is -0.200. The highest BCUT2D eigenvalue weighted by Gasteiger charge is 2.38. The van der Waals surface area contributed by atoms with Crippen LogP contribution in [0.15, 0.2) is 0 Å². The molecule has 0 saturated carbocycles. The van der Waals surface area contributed by atoms with Crippen molar-refractivity contribution in [3.8, 4) is 0 Å². The van der Waals surface area contributed by atoms with E-state index in [0.29, 0.717) is 0 Å². The van der Waals surface area contributed by atoms with Gasteiger partial charge in [-0.15, -0.1) is 0 Å². The van der Waals surface area contributed by atoms with E-state index in [9.17, 15) is 5.11 Å². The van der Waals surface area contributed by atoms with E-state index in [1.807, 2.05) is 0 Å². The SMILES string of the molecule is CC(C)(C)NCC1(CN2CCOC(CO)C2)CCOC1. The highest BCUT2D eigenvalue weighted by atomic mass is 16.5. The van der Waals surface area contributed by atoms with Gasteiger partial charge in [0.1, 0.15) is 0 Å². The van der Waals surface area contributed by atoms with Crippen molar-refractivity contribution in [2.45, 2.75) is 38.8 Å². The Morgan fingerprint density at radius 1 is 1.35 bits per heavy atom. The predicted octanol–water partition coefficient (Wildman–Crippen LogP) is 0.474. The molecule has 0 aliphatic carbocycles. The first-order valence-electron chi connectivity index (χ1n) is 7.70. The second kappa shape index (κ2) is 6.71. The minimum absolute atomic E-state index is 0.0290. The summed E-state index contributed by atoms with van der Waals surface area (Å²) in [6, 6.07) is 0. The molecule has 0 aromatic rings. The lowest BCUT2D eigenvalue weighted by atomic mass is 9.85. The first-order chi connectivity index (χ1) is 9.42. The fourth-order valence-corrected chi connectivity index (χ4v) is 2.93.